The molecule has 0 saturated heterocycles. The molecule has 0 bridgehead atoms. The third kappa shape index (κ3) is 3.46. The van der Waals surface area contributed by atoms with Crippen LogP contribution in [0.25, 0.3) is 0 Å². The van der Waals surface area contributed by atoms with Crippen LogP contribution in [0.5, 0.6) is 0 Å². The van der Waals surface area contributed by atoms with Crippen molar-refractivity contribution in [3.8, 4) is 0 Å². The lowest BCUT2D eigenvalue weighted by atomic mass is 9.96. The molecular formula is C11H16Cl2N2. The lowest BCUT2D eigenvalue weighted by molar-refractivity contribution is 0.450. The molecule has 0 N–H and O–H groups in total. The van der Waals surface area contributed by atoms with Gasteiger partial charge >= 0.3 is 0 Å². The van der Waals surface area contributed by atoms with Crippen LogP contribution in [0.2, 0.25) is 0 Å². The van der Waals surface area contributed by atoms with Gasteiger partial charge in [-0.3, -0.25) is 9.98 Å². The zero-order chi connectivity index (χ0) is 10.7. The van der Waals surface area contributed by atoms with Crippen LogP contribution >= 0.6 is 23.2 Å². The number of hydrogen-bond donors (Lipinski definition) is 0. The topological polar surface area (TPSA) is 24.7 Å². The van der Waals surface area contributed by atoms with Crippen molar-refractivity contribution >= 4 is 33.5 Å². The molecule has 15 heavy (non-hydrogen) atoms. The smallest absolute Gasteiger partial charge is 0.101 e. The first-order valence-electron chi connectivity index (χ1n) is 5.68. The lowest BCUT2D eigenvalue weighted by Gasteiger charge is -2.23. The summed E-state index contributed by atoms with van der Waals surface area (Å²) in [7, 11) is 0. The molecule has 0 aromatic rings. The van der Waals surface area contributed by atoms with Gasteiger partial charge in [-0.05, 0) is 32.1 Å². The highest BCUT2D eigenvalue weighted by Gasteiger charge is 2.21. The highest BCUT2D eigenvalue weighted by molar-refractivity contribution is 6.65. The summed E-state index contributed by atoms with van der Waals surface area (Å²) in [5.74, 6) is 0. The van der Waals surface area contributed by atoms with Crippen molar-refractivity contribution in [2.45, 2.75) is 57.0 Å². The predicted octanol–water partition coefficient (Wildman–Crippen LogP) is 3.76. The molecule has 84 valence electrons. The summed E-state index contributed by atoms with van der Waals surface area (Å²) >= 11 is 11.9. The van der Waals surface area contributed by atoms with Gasteiger partial charge in [0.2, 0.25) is 0 Å². The van der Waals surface area contributed by atoms with Crippen molar-refractivity contribution in [2.75, 3.05) is 0 Å². The zero-order valence-electron chi connectivity index (χ0n) is 8.75. The van der Waals surface area contributed by atoms with E-state index in [1.54, 1.807) is 0 Å². The second-order valence-corrected chi connectivity index (χ2v) is 5.21. The second kappa shape index (κ2) is 5.31. The SMILES string of the molecule is ClC1=NC(CC2CCCC(Cl)=N2)CCC1. The molecule has 0 saturated carbocycles. The minimum atomic E-state index is 0.377. The molecule has 0 amide bonds. The third-order valence-corrected chi connectivity index (χ3v) is 3.60. The van der Waals surface area contributed by atoms with Crippen molar-refractivity contribution in [2.24, 2.45) is 9.98 Å². The van der Waals surface area contributed by atoms with E-state index in [0.29, 0.717) is 12.1 Å². The molecule has 0 aliphatic carbocycles. The Kier molecular flexibility index (Phi) is 4.04. The number of nitrogens with zero attached hydrogens (tertiary/aromatic N) is 2. The molecule has 0 aromatic carbocycles. The molecule has 2 aliphatic rings. The number of rotatable bonds is 2. The van der Waals surface area contributed by atoms with Gasteiger partial charge in [-0.25, -0.2) is 0 Å². The Balaban J connectivity index is 1.91. The fraction of sp³-hybridized carbons (Fsp3) is 0.818. The molecular weight excluding hydrogens is 231 g/mol. The lowest BCUT2D eigenvalue weighted by Crippen LogP contribution is -2.21. The van der Waals surface area contributed by atoms with Crippen molar-refractivity contribution in [1.82, 2.24) is 0 Å². The average molecular weight is 247 g/mol. The molecule has 0 fully saturated rings. The first-order valence-corrected chi connectivity index (χ1v) is 6.44. The van der Waals surface area contributed by atoms with Crippen LogP contribution in [0.3, 0.4) is 0 Å². The van der Waals surface area contributed by atoms with Gasteiger partial charge in [0.25, 0.3) is 0 Å². The monoisotopic (exact) mass is 246 g/mol. The van der Waals surface area contributed by atoms with Gasteiger partial charge < -0.3 is 0 Å². The summed E-state index contributed by atoms with van der Waals surface area (Å²) in [5, 5.41) is 1.58. The van der Waals surface area contributed by atoms with E-state index in [1.165, 1.54) is 0 Å². The molecule has 0 radical (unpaired) electrons. The summed E-state index contributed by atoms with van der Waals surface area (Å²) in [6.45, 7) is 0. The minimum Gasteiger partial charge on any atom is -0.274 e. The van der Waals surface area contributed by atoms with Crippen LogP contribution in [0.1, 0.15) is 44.9 Å². The number of halogens is 2. The molecule has 2 heterocycles. The van der Waals surface area contributed by atoms with E-state index in [4.69, 9.17) is 23.2 Å². The van der Waals surface area contributed by atoms with E-state index in [0.717, 1.165) is 55.3 Å². The first kappa shape index (κ1) is 11.4. The van der Waals surface area contributed by atoms with Crippen LogP contribution in [0.15, 0.2) is 9.98 Å². The zero-order valence-corrected chi connectivity index (χ0v) is 10.3. The molecule has 2 nitrogen and oxygen atoms in total. The fourth-order valence-corrected chi connectivity index (χ4v) is 2.82. The molecule has 0 aromatic heterocycles. The van der Waals surface area contributed by atoms with Crippen LogP contribution in [0, 0.1) is 0 Å². The van der Waals surface area contributed by atoms with Gasteiger partial charge in [0.05, 0.1) is 12.1 Å². The van der Waals surface area contributed by atoms with E-state index >= 15 is 0 Å². The molecule has 2 unspecified atom stereocenters. The Labute approximate surface area is 101 Å². The summed E-state index contributed by atoms with van der Waals surface area (Å²) in [6, 6.07) is 0.755. The Hall–Kier alpha value is -0.0800. The summed E-state index contributed by atoms with van der Waals surface area (Å²) in [6.07, 6.45) is 7.56. The standard InChI is InChI=1S/C11H16Cl2N2/c12-10-5-1-3-8(14-10)7-9-4-2-6-11(13)15-9/h8-9H,1-7H2. The van der Waals surface area contributed by atoms with Gasteiger partial charge in [-0.1, -0.05) is 23.2 Å². The Morgan fingerprint density at radius 2 is 1.40 bits per heavy atom. The van der Waals surface area contributed by atoms with E-state index < -0.39 is 0 Å². The Morgan fingerprint density at radius 1 is 0.933 bits per heavy atom. The number of aliphatic imine (C=N–C) groups is 2. The van der Waals surface area contributed by atoms with Crippen LogP contribution in [-0.2, 0) is 0 Å². The van der Waals surface area contributed by atoms with E-state index in [2.05, 4.69) is 9.98 Å². The van der Waals surface area contributed by atoms with Crippen molar-refractivity contribution in [3.05, 3.63) is 0 Å². The van der Waals surface area contributed by atoms with Crippen LogP contribution in [-0.4, -0.2) is 22.4 Å². The van der Waals surface area contributed by atoms with E-state index in [9.17, 15) is 0 Å². The maximum atomic E-state index is 5.95. The quantitative estimate of drug-likeness (QED) is 0.709. The van der Waals surface area contributed by atoms with E-state index in [1.807, 2.05) is 0 Å². The van der Waals surface area contributed by atoms with Gasteiger partial charge in [-0.2, -0.15) is 0 Å². The summed E-state index contributed by atoms with van der Waals surface area (Å²) in [4.78, 5) is 8.94. The van der Waals surface area contributed by atoms with Gasteiger partial charge in [0.1, 0.15) is 10.3 Å². The molecule has 0 spiro atoms. The summed E-state index contributed by atoms with van der Waals surface area (Å²) in [5.41, 5.74) is 0. The first-order chi connectivity index (χ1) is 7.24. The van der Waals surface area contributed by atoms with Gasteiger partial charge in [0.15, 0.2) is 0 Å². The van der Waals surface area contributed by atoms with E-state index in [-0.39, 0.29) is 0 Å². The highest BCUT2D eigenvalue weighted by Crippen LogP contribution is 2.25. The highest BCUT2D eigenvalue weighted by atomic mass is 35.5. The third-order valence-electron chi connectivity index (χ3n) is 3.03. The molecule has 2 rings (SSSR count). The normalized spacial score (nSPS) is 32.1. The van der Waals surface area contributed by atoms with Crippen LogP contribution in [0.4, 0.5) is 0 Å². The minimum absolute atomic E-state index is 0.377. The largest absolute Gasteiger partial charge is 0.274 e. The number of hydrogen-bond acceptors (Lipinski definition) is 2. The predicted molar refractivity (Wildman–Crippen MR) is 66.5 cm³/mol. The Morgan fingerprint density at radius 3 is 1.80 bits per heavy atom. The second-order valence-electron chi connectivity index (χ2n) is 4.34. The van der Waals surface area contributed by atoms with Gasteiger partial charge in [0, 0.05) is 12.8 Å². The van der Waals surface area contributed by atoms with Crippen molar-refractivity contribution in [1.29, 1.82) is 0 Å². The molecule has 4 heteroatoms. The maximum absolute atomic E-state index is 5.95. The van der Waals surface area contributed by atoms with Gasteiger partial charge in [-0.15, -0.1) is 0 Å². The summed E-state index contributed by atoms with van der Waals surface area (Å²) < 4.78 is 0. The van der Waals surface area contributed by atoms with Crippen LogP contribution < -0.4 is 0 Å². The van der Waals surface area contributed by atoms with Crippen molar-refractivity contribution < 1.29 is 0 Å². The molecule has 2 atom stereocenters. The Bertz CT molecular complexity index is 258. The fourth-order valence-electron chi connectivity index (χ4n) is 2.28. The average Bonchev–Trinajstić information content (AvgIpc) is 2.17. The maximum Gasteiger partial charge on any atom is 0.101 e. The molecule has 2 aliphatic heterocycles. The van der Waals surface area contributed by atoms with Crippen molar-refractivity contribution in [3.63, 3.8) is 0 Å².